The van der Waals surface area contributed by atoms with Gasteiger partial charge in [-0.1, -0.05) is 26.8 Å². The molecule has 1 heterocycles. The Morgan fingerprint density at radius 3 is 2.24 bits per heavy atom. The van der Waals surface area contributed by atoms with Crippen LogP contribution in [0.1, 0.15) is 31.1 Å². The largest absolute Gasteiger partial charge is 0.368 e. The summed E-state index contributed by atoms with van der Waals surface area (Å²) in [6.07, 6.45) is 0. The Bertz CT molecular complexity index is 1060. The molecular formula is C23H27N5O4S. The lowest BCUT2D eigenvalue weighted by Gasteiger charge is -2.38. The molecule has 2 aromatic rings. The average molecular weight is 470 g/mol. The minimum atomic E-state index is -0.558. The Morgan fingerprint density at radius 1 is 1.03 bits per heavy atom. The van der Waals surface area contributed by atoms with E-state index in [1.165, 1.54) is 24.3 Å². The van der Waals surface area contributed by atoms with Gasteiger partial charge in [-0.15, -0.1) is 0 Å². The van der Waals surface area contributed by atoms with Gasteiger partial charge in [-0.2, -0.15) is 0 Å². The Labute approximate surface area is 197 Å². The highest BCUT2D eigenvalue weighted by atomic mass is 32.1. The maximum atomic E-state index is 12.5. The second-order valence-corrected chi connectivity index (χ2v) is 9.20. The van der Waals surface area contributed by atoms with Gasteiger partial charge in [0.2, 0.25) is 5.91 Å². The number of carbonyl (C=O) groups is 2. The summed E-state index contributed by atoms with van der Waals surface area (Å²) in [5.74, 6) is -0.363. The van der Waals surface area contributed by atoms with Crippen molar-refractivity contribution in [3.05, 3.63) is 64.2 Å². The van der Waals surface area contributed by atoms with E-state index in [0.717, 1.165) is 18.8 Å². The fourth-order valence-electron chi connectivity index (χ4n) is 3.50. The first kappa shape index (κ1) is 24.1. The lowest BCUT2D eigenvalue weighted by Crippen LogP contribution is -2.51. The molecule has 0 atom stereocenters. The molecule has 10 heteroatoms. The summed E-state index contributed by atoms with van der Waals surface area (Å²) in [6.45, 7) is 8.68. The average Bonchev–Trinajstić information content (AvgIpc) is 2.78. The molecule has 9 nitrogen and oxygen atoms in total. The van der Waals surface area contributed by atoms with Crippen molar-refractivity contribution in [1.82, 2.24) is 10.2 Å². The van der Waals surface area contributed by atoms with Gasteiger partial charge in [0.05, 0.1) is 4.92 Å². The zero-order chi connectivity index (χ0) is 24.2. The lowest BCUT2D eigenvalue weighted by atomic mass is 9.94. The van der Waals surface area contributed by atoms with Gasteiger partial charge >= 0.3 is 0 Å². The summed E-state index contributed by atoms with van der Waals surface area (Å²) >= 11 is 5.20. The van der Waals surface area contributed by atoms with Gasteiger partial charge in [0, 0.05) is 60.7 Å². The zero-order valence-electron chi connectivity index (χ0n) is 18.8. The van der Waals surface area contributed by atoms with E-state index in [9.17, 15) is 19.7 Å². The number of carbonyl (C=O) groups excluding carboxylic acids is 2. The van der Waals surface area contributed by atoms with Crippen LogP contribution in [-0.4, -0.2) is 52.9 Å². The Morgan fingerprint density at radius 2 is 1.67 bits per heavy atom. The van der Waals surface area contributed by atoms with Gasteiger partial charge in [-0.3, -0.25) is 25.0 Å². The van der Waals surface area contributed by atoms with Crippen LogP contribution < -0.4 is 15.5 Å². The van der Waals surface area contributed by atoms with Gasteiger partial charge in [0.1, 0.15) is 0 Å². The van der Waals surface area contributed by atoms with Gasteiger partial charge in [0.15, 0.2) is 5.11 Å². The molecule has 0 radical (unpaired) electrons. The quantitative estimate of drug-likeness (QED) is 0.401. The SMILES string of the molecule is CC(C)(C)C(=O)N1CCN(c2ccc(NC(=S)NC(=O)c3cccc([N+](=O)[O-])c3)cc2)CC1. The van der Waals surface area contributed by atoms with E-state index in [1.807, 2.05) is 49.9 Å². The van der Waals surface area contributed by atoms with E-state index in [-0.39, 0.29) is 27.7 Å². The highest BCUT2D eigenvalue weighted by molar-refractivity contribution is 7.80. The highest BCUT2D eigenvalue weighted by Gasteiger charge is 2.29. The van der Waals surface area contributed by atoms with Crippen molar-refractivity contribution < 1.29 is 14.5 Å². The number of amides is 2. The monoisotopic (exact) mass is 469 g/mol. The molecule has 33 heavy (non-hydrogen) atoms. The molecule has 2 N–H and O–H groups in total. The maximum Gasteiger partial charge on any atom is 0.270 e. The van der Waals surface area contributed by atoms with Gasteiger partial charge in [-0.05, 0) is 42.5 Å². The molecule has 0 saturated carbocycles. The Hall–Kier alpha value is -3.53. The number of nitro groups is 1. The summed E-state index contributed by atoms with van der Waals surface area (Å²) in [4.78, 5) is 39.2. The van der Waals surface area contributed by atoms with Crippen LogP contribution in [0.3, 0.4) is 0 Å². The number of nitrogens with one attached hydrogen (secondary N) is 2. The van der Waals surface area contributed by atoms with E-state index < -0.39 is 10.8 Å². The predicted molar refractivity (Wildman–Crippen MR) is 131 cm³/mol. The number of thiocarbonyl (C=S) groups is 1. The third-order valence-electron chi connectivity index (χ3n) is 5.25. The number of non-ortho nitro benzene ring substituents is 1. The molecule has 3 rings (SSSR count). The summed E-state index contributed by atoms with van der Waals surface area (Å²) < 4.78 is 0. The van der Waals surface area contributed by atoms with Crippen LogP contribution in [-0.2, 0) is 4.79 Å². The van der Waals surface area contributed by atoms with Crippen LogP contribution in [0, 0.1) is 15.5 Å². The maximum absolute atomic E-state index is 12.5. The van der Waals surface area contributed by atoms with E-state index in [0.29, 0.717) is 18.8 Å². The summed E-state index contributed by atoms with van der Waals surface area (Å²) in [5, 5.41) is 16.4. The fourth-order valence-corrected chi connectivity index (χ4v) is 3.71. The second-order valence-electron chi connectivity index (χ2n) is 8.79. The topological polar surface area (TPSA) is 108 Å². The molecule has 2 amide bonds. The number of hydrogen-bond acceptors (Lipinski definition) is 6. The van der Waals surface area contributed by atoms with Crippen LogP contribution in [0.15, 0.2) is 48.5 Å². The van der Waals surface area contributed by atoms with Crippen LogP contribution >= 0.6 is 12.2 Å². The number of anilines is 2. The predicted octanol–water partition coefficient (Wildman–Crippen LogP) is 3.42. The van der Waals surface area contributed by atoms with Gasteiger partial charge < -0.3 is 15.1 Å². The standard InChI is InChI=1S/C23H27N5O4S/c1-23(2,3)21(30)27-13-11-26(12-14-27)18-9-7-17(8-10-18)24-22(33)25-20(29)16-5-4-6-19(15-16)28(31)32/h4-10,15H,11-14H2,1-3H3,(H2,24,25,29,33). The van der Waals surface area contributed by atoms with E-state index in [2.05, 4.69) is 15.5 Å². The van der Waals surface area contributed by atoms with Crippen LogP contribution in [0.5, 0.6) is 0 Å². The second kappa shape index (κ2) is 9.95. The lowest BCUT2D eigenvalue weighted by molar-refractivity contribution is -0.384. The number of rotatable bonds is 4. The van der Waals surface area contributed by atoms with Gasteiger partial charge in [-0.25, -0.2) is 0 Å². The summed E-state index contributed by atoms with van der Waals surface area (Å²) in [7, 11) is 0. The molecular weight excluding hydrogens is 442 g/mol. The minimum Gasteiger partial charge on any atom is -0.368 e. The van der Waals surface area contributed by atoms with Crippen LogP contribution in [0.2, 0.25) is 0 Å². The number of nitrogens with zero attached hydrogens (tertiary/aromatic N) is 3. The Balaban J connectivity index is 1.53. The molecule has 174 valence electrons. The summed E-state index contributed by atoms with van der Waals surface area (Å²) in [5.41, 5.74) is 1.34. The minimum absolute atomic E-state index is 0.0913. The van der Waals surface area contributed by atoms with Gasteiger partial charge in [0.25, 0.3) is 11.6 Å². The van der Waals surface area contributed by atoms with Crippen LogP contribution in [0.4, 0.5) is 17.1 Å². The normalized spacial score (nSPS) is 13.9. The van der Waals surface area contributed by atoms with E-state index in [1.54, 1.807) is 0 Å². The molecule has 1 aliphatic rings. The number of piperazine rings is 1. The molecule has 0 bridgehead atoms. The molecule has 0 spiro atoms. The number of benzene rings is 2. The highest BCUT2D eigenvalue weighted by Crippen LogP contribution is 2.22. The molecule has 1 saturated heterocycles. The van der Waals surface area contributed by atoms with Crippen molar-refractivity contribution in [3.63, 3.8) is 0 Å². The first-order valence-electron chi connectivity index (χ1n) is 10.6. The number of nitro benzene ring substituents is 1. The molecule has 1 aliphatic heterocycles. The third kappa shape index (κ3) is 6.26. The van der Waals surface area contributed by atoms with Crippen molar-refractivity contribution in [2.24, 2.45) is 5.41 Å². The molecule has 0 aliphatic carbocycles. The molecule has 0 unspecified atom stereocenters. The molecule has 0 aromatic heterocycles. The Kier molecular flexibility index (Phi) is 7.27. The van der Waals surface area contributed by atoms with Crippen molar-refractivity contribution in [3.8, 4) is 0 Å². The first-order valence-corrected chi connectivity index (χ1v) is 11.0. The fraction of sp³-hybridized carbons (Fsp3) is 0.348. The third-order valence-corrected chi connectivity index (χ3v) is 5.45. The summed E-state index contributed by atoms with van der Waals surface area (Å²) in [6, 6.07) is 13.1. The molecule has 1 fully saturated rings. The van der Waals surface area contributed by atoms with Crippen molar-refractivity contribution in [2.45, 2.75) is 20.8 Å². The van der Waals surface area contributed by atoms with Crippen molar-refractivity contribution in [2.75, 3.05) is 36.4 Å². The zero-order valence-corrected chi connectivity index (χ0v) is 19.6. The first-order chi connectivity index (χ1) is 15.5. The van der Waals surface area contributed by atoms with E-state index in [4.69, 9.17) is 12.2 Å². The van der Waals surface area contributed by atoms with Crippen LogP contribution in [0.25, 0.3) is 0 Å². The van der Waals surface area contributed by atoms with Crippen molar-refractivity contribution >= 4 is 46.2 Å². The molecule has 2 aromatic carbocycles. The van der Waals surface area contributed by atoms with Crippen molar-refractivity contribution in [1.29, 1.82) is 0 Å². The smallest absolute Gasteiger partial charge is 0.270 e. The van der Waals surface area contributed by atoms with E-state index >= 15 is 0 Å². The number of hydrogen-bond donors (Lipinski definition) is 2.